The molecule has 0 aliphatic heterocycles. The molecule has 0 aliphatic rings. The van der Waals surface area contributed by atoms with Gasteiger partial charge in [0.15, 0.2) is 0 Å². The minimum absolute atomic E-state index is 0.0954. The lowest BCUT2D eigenvalue weighted by atomic mass is 9.94. The van der Waals surface area contributed by atoms with Gasteiger partial charge in [-0.05, 0) is 58.4 Å². The Morgan fingerprint density at radius 3 is 1.75 bits per heavy atom. The number of fused-ring (bicyclic) bond motifs is 1. The number of carbonyl (C=O) groups is 6. The number of rotatable bonds is 22. The lowest BCUT2D eigenvalue weighted by Gasteiger charge is -2.30. The van der Waals surface area contributed by atoms with Crippen molar-refractivity contribution in [1.29, 1.82) is 0 Å². The molecule has 3 rings (SSSR count). The van der Waals surface area contributed by atoms with Crippen LogP contribution in [-0.2, 0) is 46.3 Å². The van der Waals surface area contributed by atoms with Gasteiger partial charge >= 0.3 is 5.97 Å². The molecule has 0 aliphatic carbocycles. The monoisotopic (exact) mass is 814 g/mol. The fourth-order valence-corrected chi connectivity index (χ4v) is 6.95. The van der Waals surface area contributed by atoms with Crippen molar-refractivity contribution in [3.05, 3.63) is 83.9 Å². The topological polar surface area (TPSA) is 198 Å². The van der Waals surface area contributed by atoms with Crippen LogP contribution in [0.25, 0.3) is 10.8 Å². The van der Waals surface area contributed by atoms with Gasteiger partial charge in [0.05, 0.1) is 7.11 Å². The highest BCUT2D eigenvalue weighted by molar-refractivity contribution is 5.94. The highest BCUT2D eigenvalue weighted by Gasteiger charge is 2.34. The maximum Gasteiger partial charge on any atom is 0.328 e. The zero-order valence-electron chi connectivity index (χ0n) is 36.2. The molecular formula is C46H66N6O7. The standard InChI is InChI=1S/C46H66N6O7/c1-27(2)22-37(48-39(53)23-28(3)4)43(55)51-41(29(5)6)45(57)50-36(24-31-16-11-10-12-17-31)35(47)26-40(54)49-38(44(56)52-42(30(7)8)46(58)59-9)25-33-20-15-19-32-18-13-14-21-34(32)33/h10-21,27-30,35-38,41-42H,22-26,47H2,1-9H3,(H,48,53)(H,49,54)(H,50,57)(H,51,55)(H,52,56)/t35-,36-,37-,38-,41?,42?/m0/s1. The Hall–Kier alpha value is -5.30. The molecule has 0 aromatic heterocycles. The second kappa shape index (κ2) is 23.3. The van der Waals surface area contributed by atoms with Gasteiger partial charge in [-0.2, -0.15) is 0 Å². The molecule has 0 radical (unpaired) electrons. The number of hydrogen-bond donors (Lipinski definition) is 6. The maximum absolute atomic E-state index is 14.1. The van der Waals surface area contributed by atoms with Crippen molar-refractivity contribution < 1.29 is 33.5 Å². The molecule has 0 fully saturated rings. The molecular weight excluding hydrogens is 749 g/mol. The molecule has 13 nitrogen and oxygen atoms in total. The molecule has 0 saturated heterocycles. The molecule has 59 heavy (non-hydrogen) atoms. The molecule has 3 aromatic carbocycles. The van der Waals surface area contributed by atoms with Crippen molar-refractivity contribution in [3.63, 3.8) is 0 Å². The molecule has 3 aromatic rings. The molecule has 0 spiro atoms. The van der Waals surface area contributed by atoms with Crippen molar-refractivity contribution in [3.8, 4) is 0 Å². The third-order valence-corrected chi connectivity index (χ3v) is 10.1. The summed E-state index contributed by atoms with van der Waals surface area (Å²) in [5.74, 6) is -3.32. The number of nitrogens with one attached hydrogen (secondary N) is 5. The van der Waals surface area contributed by atoms with Crippen LogP contribution in [0.5, 0.6) is 0 Å². The quantitative estimate of drug-likeness (QED) is 0.0806. The molecule has 6 atom stereocenters. The Morgan fingerprint density at radius 1 is 0.576 bits per heavy atom. The van der Waals surface area contributed by atoms with Crippen LogP contribution < -0.4 is 32.3 Å². The summed E-state index contributed by atoms with van der Waals surface area (Å²) in [5.41, 5.74) is 8.45. The van der Waals surface area contributed by atoms with E-state index in [-0.39, 0.29) is 55.3 Å². The third kappa shape index (κ3) is 15.4. The Bertz CT molecular complexity index is 1860. The van der Waals surface area contributed by atoms with Crippen LogP contribution in [0.15, 0.2) is 72.8 Å². The van der Waals surface area contributed by atoms with E-state index in [4.69, 9.17) is 10.5 Å². The van der Waals surface area contributed by atoms with Gasteiger partial charge in [0.1, 0.15) is 24.2 Å². The predicted octanol–water partition coefficient (Wildman–Crippen LogP) is 4.34. The highest BCUT2D eigenvalue weighted by atomic mass is 16.5. The van der Waals surface area contributed by atoms with Crippen LogP contribution in [0, 0.1) is 23.7 Å². The zero-order chi connectivity index (χ0) is 43.8. The average molecular weight is 815 g/mol. The van der Waals surface area contributed by atoms with Gasteiger partial charge in [0.25, 0.3) is 0 Å². The van der Waals surface area contributed by atoms with Gasteiger partial charge in [0.2, 0.25) is 29.5 Å². The largest absolute Gasteiger partial charge is 0.467 e. The van der Waals surface area contributed by atoms with Crippen LogP contribution in [0.1, 0.15) is 85.8 Å². The number of carbonyl (C=O) groups excluding carboxylic acids is 6. The van der Waals surface area contributed by atoms with Crippen molar-refractivity contribution in [2.24, 2.45) is 29.4 Å². The normalized spacial score (nSPS) is 14.5. The van der Waals surface area contributed by atoms with Gasteiger partial charge in [-0.15, -0.1) is 0 Å². The van der Waals surface area contributed by atoms with E-state index >= 15 is 0 Å². The number of benzene rings is 3. The van der Waals surface area contributed by atoms with E-state index in [1.54, 1.807) is 13.8 Å². The molecule has 5 amide bonds. The van der Waals surface area contributed by atoms with Crippen LogP contribution in [0.4, 0.5) is 0 Å². The molecule has 0 saturated carbocycles. The van der Waals surface area contributed by atoms with Crippen LogP contribution in [-0.4, -0.2) is 78.9 Å². The average Bonchev–Trinajstić information content (AvgIpc) is 3.17. The first kappa shape index (κ1) is 48.1. The summed E-state index contributed by atoms with van der Waals surface area (Å²) in [6, 6.07) is 17.3. The first-order valence-corrected chi connectivity index (χ1v) is 20.7. The van der Waals surface area contributed by atoms with E-state index < -0.39 is 65.8 Å². The smallest absolute Gasteiger partial charge is 0.328 e. The van der Waals surface area contributed by atoms with E-state index in [1.165, 1.54) is 7.11 Å². The van der Waals surface area contributed by atoms with Crippen molar-refractivity contribution in [2.45, 2.75) is 124 Å². The van der Waals surface area contributed by atoms with Gasteiger partial charge in [-0.25, -0.2) is 4.79 Å². The van der Waals surface area contributed by atoms with E-state index in [0.717, 1.165) is 21.9 Å². The molecule has 0 bridgehead atoms. The van der Waals surface area contributed by atoms with Gasteiger partial charge in [-0.1, -0.05) is 128 Å². The van der Waals surface area contributed by atoms with Gasteiger partial charge < -0.3 is 37.1 Å². The molecule has 13 heteroatoms. The molecule has 7 N–H and O–H groups in total. The summed E-state index contributed by atoms with van der Waals surface area (Å²) < 4.78 is 4.95. The third-order valence-electron chi connectivity index (χ3n) is 10.1. The number of methoxy groups -OCH3 is 1. The minimum atomic E-state index is -1.09. The highest BCUT2D eigenvalue weighted by Crippen LogP contribution is 2.21. The SMILES string of the molecule is COC(=O)C(NC(=O)[C@H](Cc1cccc2ccccc12)NC(=O)C[C@H](N)[C@H](Cc1ccccc1)NC(=O)C(NC(=O)[C@H](CC(C)C)NC(=O)CC(C)C)C(C)C)C(C)C. The Kier molecular flexibility index (Phi) is 19.0. The van der Waals surface area contributed by atoms with E-state index in [2.05, 4.69) is 26.6 Å². The second-order valence-corrected chi connectivity index (χ2v) is 17.0. The van der Waals surface area contributed by atoms with Gasteiger partial charge in [0, 0.05) is 31.3 Å². The summed E-state index contributed by atoms with van der Waals surface area (Å²) in [6.07, 6.45) is 0.785. The van der Waals surface area contributed by atoms with E-state index in [9.17, 15) is 28.8 Å². The summed E-state index contributed by atoms with van der Waals surface area (Å²) in [7, 11) is 1.25. The summed E-state index contributed by atoms with van der Waals surface area (Å²) in [5, 5.41) is 16.3. The lowest BCUT2D eigenvalue weighted by molar-refractivity contribution is -0.146. The first-order valence-electron chi connectivity index (χ1n) is 20.7. The van der Waals surface area contributed by atoms with Crippen LogP contribution >= 0.6 is 0 Å². The summed E-state index contributed by atoms with van der Waals surface area (Å²) >= 11 is 0. The molecule has 322 valence electrons. The van der Waals surface area contributed by atoms with E-state index in [0.29, 0.717) is 6.42 Å². The second-order valence-electron chi connectivity index (χ2n) is 17.0. The first-order chi connectivity index (χ1) is 27.9. The van der Waals surface area contributed by atoms with E-state index in [1.807, 2.05) is 114 Å². The number of ether oxygens (including phenoxy) is 1. The number of amides is 5. The zero-order valence-corrected chi connectivity index (χ0v) is 36.2. The van der Waals surface area contributed by atoms with Crippen molar-refractivity contribution in [2.75, 3.05) is 7.11 Å². The minimum Gasteiger partial charge on any atom is -0.467 e. The molecule has 0 heterocycles. The summed E-state index contributed by atoms with van der Waals surface area (Å²) in [4.78, 5) is 80.9. The van der Waals surface area contributed by atoms with Crippen LogP contribution in [0.2, 0.25) is 0 Å². The number of hydrogen-bond acceptors (Lipinski definition) is 8. The molecule has 2 unspecified atom stereocenters. The number of esters is 1. The maximum atomic E-state index is 14.1. The fraction of sp³-hybridized carbons (Fsp3) is 0.522. The number of nitrogens with two attached hydrogens (primary N) is 1. The summed E-state index contributed by atoms with van der Waals surface area (Å²) in [6.45, 7) is 14.9. The predicted molar refractivity (Wildman–Crippen MR) is 231 cm³/mol. The van der Waals surface area contributed by atoms with Crippen molar-refractivity contribution >= 4 is 46.3 Å². The Morgan fingerprint density at radius 2 is 1.14 bits per heavy atom. The Balaban J connectivity index is 1.87. The lowest BCUT2D eigenvalue weighted by Crippen LogP contribution is -2.59. The fourth-order valence-electron chi connectivity index (χ4n) is 6.95. The van der Waals surface area contributed by atoms with Gasteiger partial charge in [-0.3, -0.25) is 24.0 Å². The van der Waals surface area contributed by atoms with Crippen LogP contribution in [0.3, 0.4) is 0 Å². The van der Waals surface area contributed by atoms with Crippen molar-refractivity contribution in [1.82, 2.24) is 26.6 Å². The Labute approximate surface area is 349 Å².